The van der Waals surface area contributed by atoms with E-state index in [0.717, 1.165) is 41.1 Å². The molecule has 156 valence electrons. The minimum absolute atomic E-state index is 0.300. The fourth-order valence-corrected chi connectivity index (χ4v) is 4.07. The summed E-state index contributed by atoms with van der Waals surface area (Å²) in [5, 5.41) is 1.16. The number of hydrogen-bond donors (Lipinski definition) is 0. The van der Waals surface area contributed by atoms with Crippen molar-refractivity contribution in [3.63, 3.8) is 0 Å². The van der Waals surface area contributed by atoms with E-state index in [9.17, 15) is 0 Å². The van der Waals surface area contributed by atoms with Gasteiger partial charge >= 0.3 is 0 Å². The second kappa shape index (κ2) is 8.51. The van der Waals surface area contributed by atoms with Crippen molar-refractivity contribution in [2.24, 2.45) is 0 Å². The standard InChI is InChI=1S/C27H31NO2/c1-17(2)26-14-23(20(5)29-26)11-18(3)24-12-21(15-28-16-24)10-19(4)27-13-22-8-6-7-9-25(22)30-27/h6-9,12-19H,10-11H2,1-5H3. The number of hydrogen-bond acceptors (Lipinski definition) is 3. The summed E-state index contributed by atoms with van der Waals surface area (Å²) in [5.74, 6) is 4.24. The molecular weight excluding hydrogens is 370 g/mol. The van der Waals surface area contributed by atoms with Gasteiger partial charge in [0.05, 0.1) is 0 Å². The lowest BCUT2D eigenvalue weighted by Crippen LogP contribution is -2.03. The molecule has 0 N–H and O–H groups in total. The van der Waals surface area contributed by atoms with Gasteiger partial charge in [-0.15, -0.1) is 0 Å². The molecule has 0 aliphatic heterocycles. The summed E-state index contributed by atoms with van der Waals surface area (Å²) in [6, 6.07) is 14.9. The summed E-state index contributed by atoms with van der Waals surface area (Å²) >= 11 is 0. The van der Waals surface area contributed by atoms with Gasteiger partial charge < -0.3 is 8.83 Å². The van der Waals surface area contributed by atoms with Gasteiger partial charge in [0, 0.05) is 29.6 Å². The summed E-state index contributed by atoms with van der Waals surface area (Å²) in [7, 11) is 0. The summed E-state index contributed by atoms with van der Waals surface area (Å²) in [6.45, 7) is 10.9. The molecule has 3 heteroatoms. The zero-order valence-corrected chi connectivity index (χ0v) is 18.6. The highest BCUT2D eigenvalue weighted by atomic mass is 16.3. The molecule has 0 aliphatic carbocycles. The van der Waals surface area contributed by atoms with E-state index in [0.29, 0.717) is 17.8 Å². The van der Waals surface area contributed by atoms with E-state index in [1.807, 2.05) is 30.6 Å². The summed E-state index contributed by atoms with van der Waals surface area (Å²) < 4.78 is 12.0. The Balaban J connectivity index is 1.47. The lowest BCUT2D eigenvalue weighted by molar-refractivity contribution is 0.460. The summed E-state index contributed by atoms with van der Waals surface area (Å²) in [6.07, 6.45) is 5.86. The van der Waals surface area contributed by atoms with E-state index in [2.05, 4.69) is 63.9 Å². The first kappa shape index (κ1) is 20.5. The molecule has 0 aliphatic rings. The topological polar surface area (TPSA) is 39.2 Å². The third kappa shape index (κ3) is 4.35. The van der Waals surface area contributed by atoms with Crippen LogP contribution in [-0.2, 0) is 12.8 Å². The van der Waals surface area contributed by atoms with E-state index in [-0.39, 0.29) is 0 Å². The number of pyridine rings is 1. The van der Waals surface area contributed by atoms with Gasteiger partial charge in [-0.3, -0.25) is 4.98 Å². The quantitative estimate of drug-likeness (QED) is 0.321. The maximum Gasteiger partial charge on any atom is 0.134 e. The third-order valence-electron chi connectivity index (χ3n) is 5.99. The fourth-order valence-electron chi connectivity index (χ4n) is 4.07. The first-order valence-electron chi connectivity index (χ1n) is 10.9. The van der Waals surface area contributed by atoms with Crippen molar-refractivity contribution in [3.8, 4) is 0 Å². The molecule has 3 heterocycles. The number of rotatable bonds is 7. The summed E-state index contributed by atoms with van der Waals surface area (Å²) in [4.78, 5) is 4.54. The molecular formula is C27H31NO2. The Morgan fingerprint density at radius 2 is 1.63 bits per heavy atom. The smallest absolute Gasteiger partial charge is 0.134 e. The molecule has 0 amide bonds. The zero-order chi connectivity index (χ0) is 21.3. The van der Waals surface area contributed by atoms with Crippen LogP contribution >= 0.6 is 0 Å². The van der Waals surface area contributed by atoms with E-state index in [1.165, 1.54) is 16.7 Å². The van der Waals surface area contributed by atoms with Crippen molar-refractivity contribution >= 4 is 11.0 Å². The molecule has 30 heavy (non-hydrogen) atoms. The third-order valence-corrected chi connectivity index (χ3v) is 5.99. The second-order valence-electron chi connectivity index (χ2n) is 8.91. The number of fused-ring (bicyclic) bond motifs is 1. The molecule has 3 aromatic heterocycles. The largest absolute Gasteiger partial charge is 0.466 e. The van der Waals surface area contributed by atoms with Gasteiger partial charge in [-0.2, -0.15) is 0 Å². The second-order valence-corrected chi connectivity index (χ2v) is 8.91. The van der Waals surface area contributed by atoms with Crippen LogP contribution in [0, 0.1) is 6.92 Å². The average Bonchev–Trinajstić information content (AvgIpc) is 3.32. The Hall–Kier alpha value is -2.81. The predicted octanol–water partition coefficient (Wildman–Crippen LogP) is 7.55. The number of benzene rings is 1. The van der Waals surface area contributed by atoms with Gasteiger partial charge in [0.25, 0.3) is 0 Å². The zero-order valence-electron chi connectivity index (χ0n) is 18.6. The Bertz CT molecular complexity index is 1100. The van der Waals surface area contributed by atoms with E-state index in [1.54, 1.807) is 0 Å². The molecule has 4 rings (SSSR count). The van der Waals surface area contributed by atoms with Crippen molar-refractivity contribution in [3.05, 3.63) is 88.8 Å². The van der Waals surface area contributed by atoms with Crippen LogP contribution in [0.4, 0.5) is 0 Å². The molecule has 1 aromatic carbocycles. The normalized spacial score (nSPS) is 13.8. The predicted molar refractivity (Wildman–Crippen MR) is 122 cm³/mol. The van der Waals surface area contributed by atoms with Crippen LogP contribution in [0.5, 0.6) is 0 Å². The molecule has 0 saturated carbocycles. The monoisotopic (exact) mass is 401 g/mol. The molecule has 0 spiro atoms. The molecule has 3 nitrogen and oxygen atoms in total. The Kier molecular flexibility index (Phi) is 5.80. The van der Waals surface area contributed by atoms with Crippen molar-refractivity contribution in [2.45, 2.75) is 65.2 Å². The van der Waals surface area contributed by atoms with Crippen LogP contribution in [0.2, 0.25) is 0 Å². The van der Waals surface area contributed by atoms with Gasteiger partial charge in [-0.1, -0.05) is 52.0 Å². The van der Waals surface area contributed by atoms with Crippen LogP contribution in [0.1, 0.15) is 79.4 Å². The lowest BCUT2D eigenvalue weighted by Gasteiger charge is -2.14. The molecule has 2 atom stereocenters. The molecule has 0 bridgehead atoms. The maximum absolute atomic E-state index is 6.06. The highest BCUT2D eigenvalue weighted by Crippen LogP contribution is 2.30. The Morgan fingerprint density at radius 3 is 2.37 bits per heavy atom. The number of nitrogens with zero attached hydrogens (tertiary/aromatic N) is 1. The van der Waals surface area contributed by atoms with Crippen molar-refractivity contribution < 1.29 is 8.83 Å². The highest BCUT2D eigenvalue weighted by Gasteiger charge is 2.16. The number of aromatic nitrogens is 1. The van der Waals surface area contributed by atoms with Crippen molar-refractivity contribution in [1.82, 2.24) is 4.98 Å². The van der Waals surface area contributed by atoms with Gasteiger partial charge in [0.1, 0.15) is 22.9 Å². The average molecular weight is 402 g/mol. The molecule has 0 saturated heterocycles. The highest BCUT2D eigenvalue weighted by molar-refractivity contribution is 5.77. The minimum atomic E-state index is 0.300. The van der Waals surface area contributed by atoms with Crippen LogP contribution < -0.4 is 0 Å². The van der Waals surface area contributed by atoms with Crippen molar-refractivity contribution in [1.29, 1.82) is 0 Å². The van der Waals surface area contributed by atoms with Gasteiger partial charge in [0.2, 0.25) is 0 Å². The maximum atomic E-state index is 6.06. The number of aryl methyl sites for hydroxylation is 1. The van der Waals surface area contributed by atoms with E-state index in [4.69, 9.17) is 8.83 Å². The van der Waals surface area contributed by atoms with Crippen LogP contribution in [0.25, 0.3) is 11.0 Å². The molecule has 2 unspecified atom stereocenters. The fraction of sp³-hybridized carbons (Fsp3) is 0.370. The van der Waals surface area contributed by atoms with Gasteiger partial charge in [-0.05, 0) is 60.6 Å². The SMILES string of the molecule is Cc1oc(C(C)C)cc1CC(C)c1cncc(CC(C)c2cc3ccccc3o2)c1. The Morgan fingerprint density at radius 1 is 0.833 bits per heavy atom. The first-order valence-corrected chi connectivity index (χ1v) is 10.9. The molecule has 0 radical (unpaired) electrons. The van der Waals surface area contributed by atoms with Gasteiger partial charge in [-0.25, -0.2) is 0 Å². The van der Waals surface area contributed by atoms with E-state index < -0.39 is 0 Å². The summed E-state index contributed by atoms with van der Waals surface area (Å²) in [5.41, 5.74) is 4.78. The van der Waals surface area contributed by atoms with Crippen LogP contribution in [0.3, 0.4) is 0 Å². The van der Waals surface area contributed by atoms with Gasteiger partial charge in [0.15, 0.2) is 0 Å². The number of para-hydroxylation sites is 1. The molecule has 4 aromatic rings. The van der Waals surface area contributed by atoms with Crippen molar-refractivity contribution in [2.75, 3.05) is 0 Å². The van der Waals surface area contributed by atoms with Crippen LogP contribution in [0.15, 0.2) is 63.7 Å². The Labute approximate surface area is 179 Å². The minimum Gasteiger partial charge on any atom is -0.466 e. The van der Waals surface area contributed by atoms with E-state index >= 15 is 0 Å². The molecule has 0 fully saturated rings. The van der Waals surface area contributed by atoms with Crippen LogP contribution in [-0.4, -0.2) is 4.98 Å². The number of furan rings is 2. The first-order chi connectivity index (χ1) is 14.4. The lowest BCUT2D eigenvalue weighted by atomic mass is 9.92.